The van der Waals surface area contributed by atoms with Gasteiger partial charge in [0, 0.05) is 26.9 Å². The van der Waals surface area contributed by atoms with Crippen LogP contribution in [0.15, 0.2) is 40.9 Å². The molecule has 0 radical (unpaired) electrons. The van der Waals surface area contributed by atoms with Gasteiger partial charge in [-0.05, 0) is 36.4 Å². The number of rotatable bonds is 2. The topological polar surface area (TPSA) is 38.3 Å². The maximum Gasteiger partial charge on any atom is 0.416 e. The molecular weight excluding hydrogens is 387 g/mol. The summed E-state index contributed by atoms with van der Waals surface area (Å²) < 4.78 is 44.4. The van der Waals surface area contributed by atoms with E-state index < -0.39 is 17.6 Å². The molecule has 0 saturated carbocycles. The Morgan fingerprint density at radius 1 is 1.17 bits per heavy atom. The number of anilines is 1. The number of hydrogen-bond donors (Lipinski definition) is 1. The van der Waals surface area contributed by atoms with E-state index in [1.165, 1.54) is 13.2 Å². The Bertz CT molecular complexity index is 859. The molecule has 1 aliphatic rings. The van der Waals surface area contributed by atoms with E-state index in [0.29, 0.717) is 16.9 Å². The van der Waals surface area contributed by atoms with Gasteiger partial charge in [0.1, 0.15) is 5.75 Å². The fourth-order valence-corrected chi connectivity index (χ4v) is 2.87. The van der Waals surface area contributed by atoms with Crippen molar-refractivity contribution in [2.75, 3.05) is 12.4 Å². The van der Waals surface area contributed by atoms with Crippen LogP contribution in [0.4, 0.5) is 18.9 Å². The van der Waals surface area contributed by atoms with Crippen LogP contribution in [0, 0.1) is 0 Å². The van der Waals surface area contributed by atoms with E-state index in [1.807, 2.05) is 0 Å². The Balaban J connectivity index is 2.09. The zero-order valence-electron chi connectivity index (χ0n) is 12.4. The van der Waals surface area contributed by atoms with Gasteiger partial charge in [-0.15, -0.1) is 0 Å². The molecule has 3 rings (SSSR count). The summed E-state index contributed by atoms with van der Waals surface area (Å²) in [7, 11) is 1.50. The largest absolute Gasteiger partial charge is 0.496 e. The molecule has 0 spiro atoms. The summed E-state index contributed by atoms with van der Waals surface area (Å²) in [5, 5.41) is 2.47. The number of carbonyl (C=O) groups excluding carboxylic acids is 1. The lowest BCUT2D eigenvalue weighted by atomic mass is 10.0. The number of nitrogens with one attached hydrogen (secondary N) is 1. The van der Waals surface area contributed by atoms with E-state index in [2.05, 4.69) is 21.2 Å². The number of methoxy groups -OCH3 is 1. The summed E-state index contributed by atoms with van der Waals surface area (Å²) in [6.07, 6.45) is -2.86. The predicted octanol–water partition coefficient (Wildman–Crippen LogP) is 4.97. The summed E-state index contributed by atoms with van der Waals surface area (Å²) in [6, 6.07) is 8.49. The third-order valence-electron chi connectivity index (χ3n) is 3.62. The summed E-state index contributed by atoms with van der Waals surface area (Å²) in [5.41, 5.74) is 0.702. The first-order chi connectivity index (χ1) is 11.3. The van der Waals surface area contributed by atoms with E-state index >= 15 is 0 Å². The van der Waals surface area contributed by atoms with Gasteiger partial charge in [-0.25, -0.2) is 0 Å². The number of ether oxygens (including phenoxy) is 1. The van der Waals surface area contributed by atoms with Gasteiger partial charge >= 0.3 is 6.18 Å². The van der Waals surface area contributed by atoms with Gasteiger partial charge in [0.15, 0.2) is 0 Å². The highest BCUT2D eigenvalue weighted by Gasteiger charge is 2.33. The maximum absolute atomic E-state index is 12.8. The number of benzene rings is 2. The Morgan fingerprint density at radius 2 is 1.92 bits per heavy atom. The monoisotopic (exact) mass is 397 g/mol. The molecule has 3 nitrogen and oxygen atoms in total. The van der Waals surface area contributed by atoms with Gasteiger partial charge in [0.2, 0.25) is 0 Å². The molecule has 1 N–H and O–H groups in total. The third kappa shape index (κ3) is 3.03. The van der Waals surface area contributed by atoms with Gasteiger partial charge < -0.3 is 10.1 Å². The SMILES string of the molecule is COc1ccc(Br)cc1/C=C1\C(=O)Nc2cc(C(F)(F)F)ccc21. The number of amides is 1. The van der Waals surface area contributed by atoms with Crippen molar-refractivity contribution in [1.82, 2.24) is 0 Å². The van der Waals surface area contributed by atoms with Crippen molar-refractivity contribution in [3.05, 3.63) is 57.6 Å². The zero-order valence-corrected chi connectivity index (χ0v) is 14.0. The normalized spacial score (nSPS) is 15.4. The molecule has 2 aromatic rings. The molecule has 0 bridgehead atoms. The average molecular weight is 398 g/mol. The van der Waals surface area contributed by atoms with Gasteiger partial charge in [-0.1, -0.05) is 22.0 Å². The number of fused-ring (bicyclic) bond motifs is 1. The standard InChI is InChI=1S/C17H11BrF3NO2/c1-24-15-5-3-11(18)6-9(15)7-13-12-4-2-10(17(19,20)21)8-14(12)22-16(13)23/h2-8H,1H3,(H,22,23)/b13-7-. The first-order valence-electron chi connectivity index (χ1n) is 6.88. The molecule has 0 aliphatic carbocycles. The van der Waals surface area contributed by atoms with Crippen molar-refractivity contribution in [2.24, 2.45) is 0 Å². The molecule has 0 aromatic heterocycles. The highest BCUT2D eigenvalue weighted by Crippen LogP contribution is 2.39. The highest BCUT2D eigenvalue weighted by atomic mass is 79.9. The maximum atomic E-state index is 12.8. The molecule has 24 heavy (non-hydrogen) atoms. The van der Waals surface area contributed by atoms with Gasteiger partial charge in [-0.2, -0.15) is 13.2 Å². The molecule has 1 aliphatic heterocycles. The van der Waals surface area contributed by atoms with Crippen molar-refractivity contribution in [2.45, 2.75) is 6.18 Å². The van der Waals surface area contributed by atoms with Crippen LogP contribution < -0.4 is 10.1 Å². The van der Waals surface area contributed by atoms with E-state index in [9.17, 15) is 18.0 Å². The molecular formula is C17H11BrF3NO2. The lowest BCUT2D eigenvalue weighted by molar-refractivity contribution is -0.137. The first kappa shape index (κ1) is 16.6. The number of alkyl halides is 3. The second-order valence-corrected chi connectivity index (χ2v) is 6.07. The summed E-state index contributed by atoms with van der Waals surface area (Å²) in [6.45, 7) is 0. The summed E-state index contributed by atoms with van der Waals surface area (Å²) >= 11 is 3.34. The Morgan fingerprint density at radius 3 is 2.58 bits per heavy atom. The number of hydrogen-bond acceptors (Lipinski definition) is 2. The minimum absolute atomic E-state index is 0.148. The lowest BCUT2D eigenvalue weighted by Crippen LogP contribution is -2.06. The van der Waals surface area contributed by atoms with Crippen LogP contribution >= 0.6 is 15.9 Å². The minimum Gasteiger partial charge on any atom is -0.496 e. The second kappa shape index (κ2) is 5.98. The van der Waals surface area contributed by atoms with Crippen LogP contribution in [-0.2, 0) is 11.0 Å². The van der Waals surface area contributed by atoms with Crippen molar-refractivity contribution in [3.63, 3.8) is 0 Å². The Kier molecular flexibility index (Phi) is 4.13. The predicted molar refractivity (Wildman–Crippen MR) is 88.6 cm³/mol. The van der Waals surface area contributed by atoms with E-state index in [4.69, 9.17) is 4.74 Å². The second-order valence-electron chi connectivity index (χ2n) is 5.16. The average Bonchev–Trinajstić information content (AvgIpc) is 2.82. The van der Waals surface area contributed by atoms with E-state index in [-0.39, 0.29) is 11.3 Å². The van der Waals surface area contributed by atoms with Crippen molar-refractivity contribution >= 4 is 39.2 Å². The fraction of sp³-hybridized carbons (Fsp3) is 0.118. The zero-order chi connectivity index (χ0) is 17.5. The molecule has 0 unspecified atom stereocenters. The Hall–Kier alpha value is -2.28. The van der Waals surface area contributed by atoms with Crippen LogP contribution in [0.2, 0.25) is 0 Å². The summed E-state index contributed by atoms with van der Waals surface area (Å²) in [5.74, 6) is 0.102. The lowest BCUT2D eigenvalue weighted by Gasteiger charge is -2.08. The Labute approximate surface area is 144 Å². The van der Waals surface area contributed by atoms with E-state index in [1.54, 1.807) is 24.3 Å². The van der Waals surface area contributed by atoms with Gasteiger partial charge in [0.25, 0.3) is 5.91 Å². The van der Waals surface area contributed by atoms with Crippen LogP contribution in [0.3, 0.4) is 0 Å². The van der Waals surface area contributed by atoms with E-state index in [0.717, 1.165) is 16.6 Å². The summed E-state index contributed by atoms with van der Waals surface area (Å²) in [4.78, 5) is 12.2. The van der Waals surface area contributed by atoms with Crippen LogP contribution in [0.1, 0.15) is 16.7 Å². The van der Waals surface area contributed by atoms with Crippen molar-refractivity contribution in [3.8, 4) is 5.75 Å². The third-order valence-corrected chi connectivity index (χ3v) is 4.11. The molecule has 0 atom stereocenters. The molecule has 7 heteroatoms. The van der Waals surface area contributed by atoms with Crippen molar-refractivity contribution < 1.29 is 22.7 Å². The molecule has 124 valence electrons. The number of halogens is 4. The molecule has 1 heterocycles. The molecule has 2 aromatic carbocycles. The van der Waals surface area contributed by atoms with Gasteiger partial charge in [0.05, 0.1) is 12.7 Å². The molecule has 0 fully saturated rings. The number of carbonyl (C=O) groups is 1. The smallest absolute Gasteiger partial charge is 0.416 e. The molecule has 0 saturated heterocycles. The van der Waals surface area contributed by atoms with Crippen molar-refractivity contribution in [1.29, 1.82) is 0 Å². The minimum atomic E-state index is -4.46. The van der Waals surface area contributed by atoms with Crippen LogP contribution in [0.5, 0.6) is 5.75 Å². The van der Waals surface area contributed by atoms with Crippen LogP contribution in [0.25, 0.3) is 11.6 Å². The fourth-order valence-electron chi connectivity index (χ4n) is 2.49. The first-order valence-corrected chi connectivity index (χ1v) is 7.67. The van der Waals surface area contributed by atoms with Gasteiger partial charge in [-0.3, -0.25) is 4.79 Å². The quantitative estimate of drug-likeness (QED) is 0.726. The molecule has 1 amide bonds. The highest BCUT2D eigenvalue weighted by molar-refractivity contribution is 9.10. The van der Waals surface area contributed by atoms with Crippen LogP contribution in [-0.4, -0.2) is 13.0 Å².